The molecule has 0 aromatic heterocycles. The lowest BCUT2D eigenvalue weighted by Crippen LogP contribution is -1.89. The lowest BCUT2D eigenvalue weighted by Gasteiger charge is -2.02. The van der Waals surface area contributed by atoms with Crippen LogP contribution in [0.5, 0.6) is 0 Å². The van der Waals surface area contributed by atoms with Crippen molar-refractivity contribution >= 4 is 6.21 Å². The predicted octanol–water partition coefficient (Wildman–Crippen LogP) is 5.22. The number of hydrogen-bond acceptors (Lipinski definition) is 1. The summed E-state index contributed by atoms with van der Waals surface area (Å²) in [4.78, 5) is 4.16. The monoisotopic (exact) mass is 257 g/mol. The van der Waals surface area contributed by atoms with Crippen molar-refractivity contribution < 1.29 is 0 Å². The first kappa shape index (κ1) is 15.7. The molecule has 0 spiro atoms. The van der Waals surface area contributed by atoms with Gasteiger partial charge in [-0.3, -0.25) is 4.99 Å². The van der Waals surface area contributed by atoms with Crippen LogP contribution in [0, 0.1) is 0 Å². The Morgan fingerprint density at radius 3 is 2.58 bits per heavy atom. The van der Waals surface area contributed by atoms with E-state index in [9.17, 15) is 0 Å². The summed E-state index contributed by atoms with van der Waals surface area (Å²) in [6, 6.07) is 10.7. The number of allylic oxidation sites excluding steroid dienone is 2. The van der Waals surface area contributed by atoms with Crippen LogP contribution in [-0.4, -0.2) is 13.3 Å². The number of benzene rings is 1. The first-order valence-corrected chi connectivity index (χ1v) is 7.52. The van der Waals surface area contributed by atoms with Gasteiger partial charge in [0.25, 0.3) is 0 Å². The summed E-state index contributed by atoms with van der Waals surface area (Å²) in [6.45, 7) is 2.25. The van der Waals surface area contributed by atoms with E-state index in [0.717, 1.165) is 6.42 Å². The zero-order valence-corrected chi connectivity index (χ0v) is 12.4. The molecule has 0 bridgehead atoms. The molecule has 19 heavy (non-hydrogen) atoms. The van der Waals surface area contributed by atoms with Gasteiger partial charge in [-0.2, -0.15) is 0 Å². The van der Waals surface area contributed by atoms with E-state index in [-0.39, 0.29) is 0 Å². The van der Waals surface area contributed by atoms with E-state index in [4.69, 9.17) is 0 Å². The van der Waals surface area contributed by atoms with Crippen LogP contribution in [-0.2, 0) is 6.42 Å². The van der Waals surface area contributed by atoms with Gasteiger partial charge in [0.2, 0.25) is 0 Å². The molecule has 0 fully saturated rings. The summed E-state index contributed by atoms with van der Waals surface area (Å²) >= 11 is 0. The van der Waals surface area contributed by atoms with Crippen molar-refractivity contribution in [1.82, 2.24) is 0 Å². The summed E-state index contributed by atoms with van der Waals surface area (Å²) < 4.78 is 0. The van der Waals surface area contributed by atoms with Crippen molar-refractivity contribution in [3.63, 3.8) is 0 Å². The van der Waals surface area contributed by atoms with E-state index in [1.165, 1.54) is 49.7 Å². The second kappa shape index (κ2) is 10.5. The summed E-state index contributed by atoms with van der Waals surface area (Å²) in [5, 5.41) is 0. The lowest BCUT2D eigenvalue weighted by atomic mass is 10.0. The normalized spacial score (nSPS) is 12.2. The molecule has 1 rings (SSSR count). The SMILES string of the molecule is CCCCCC(/C=N\C)=C/CCCc1ccccc1. The number of unbranched alkanes of at least 4 members (excludes halogenated alkanes) is 3. The van der Waals surface area contributed by atoms with Crippen molar-refractivity contribution in [3.8, 4) is 0 Å². The number of aliphatic imine (C=N–C) groups is 1. The third-order valence-electron chi connectivity index (χ3n) is 3.28. The maximum absolute atomic E-state index is 4.16. The minimum atomic E-state index is 1.16. The molecule has 0 amide bonds. The first-order valence-electron chi connectivity index (χ1n) is 7.52. The maximum Gasteiger partial charge on any atom is 0.0277 e. The molecular formula is C18H27N. The summed E-state index contributed by atoms with van der Waals surface area (Å²) in [5.74, 6) is 0. The summed E-state index contributed by atoms with van der Waals surface area (Å²) in [6.07, 6.45) is 13.0. The fourth-order valence-corrected chi connectivity index (χ4v) is 2.20. The van der Waals surface area contributed by atoms with Crippen molar-refractivity contribution in [3.05, 3.63) is 47.5 Å². The minimum absolute atomic E-state index is 1.16. The smallest absolute Gasteiger partial charge is 0.0277 e. The van der Waals surface area contributed by atoms with Gasteiger partial charge in [0.05, 0.1) is 0 Å². The molecule has 0 aliphatic heterocycles. The highest BCUT2D eigenvalue weighted by molar-refractivity contribution is 5.78. The van der Waals surface area contributed by atoms with Gasteiger partial charge in [0, 0.05) is 13.3 Å². The van der Waals surface area contributed by atoms with Crippen LogP contribution in [0.3, 0.4) is 0 Å². The Balaban J connectivity index is 2.30. The van der Waals surface area contributed by atoms with E-state index in [2.05, 4.69) is 48.3 Å². The Bertz CT molecular complexity index is 376. The molecule has 0 aliphatic rings. The largest absolute Gasteiger partial charge is 0.296 e. The van der Waals surface area contributed by atoms with Gasteiger partial charge in [-0.1, -0.05) is 56.2 Å². The van der Waals surface area contributed by atoms with Crippen LogP contribution in [0.2, 0.25) is 0 Å². The van der Waals surface area contributed by atoms with Crippen molar-refractivity contribution in [2.45, 2.75) is 51.9 Å². The Labute approximate surface area is 118 Å². The Morgan fingerprint density at radius 1 is 1.11 bits per heavy atom. The van der Waals surface area contributed by atoms with Crippen LogP contribution < -0.4 is 0 Å². The average Bonchev–Trinajstić information content (AvgIpc) is 2.45. The third-order valence-corrected chi connectivity index (χ3v) is 3.28. The quantitative estimate of drug-likeness (QED) is 0.425. The molecule has 0 radical (unpaired) electrons. The molecule has 1 heteroatoms. The van der Waals surface area contributed by atoms with E-state index < -0.39 is 0 Å². The fourth-order valence-electron chi connectivity index (χ4n) is 2.20. The maximum atomic E-state index is 4.16. The standard InChI is InChI=1S/C18H27N/c1-3-4-6-14-18(16-19-2)15-10-9-13-17-11-7-5-8-12-17/h5,7-8,11-12,15-16H,3-4,6,9-10,13-14H2,1-2H3/b18-15-,19-16-. The Kier molecular flexibility index (Phi) is 8.70. The highest BCUT2D eigenvalue weighted by atomic mass is 14.6. The number of hydrogen-bond donors (Lipinski definition) is 0. The highest BCUT2D eigenvalue weighted by Crippen LogP contribution is 2.11. The highest BCUT2D eigenvalue weighted by Gasteiger charge is 1.95. The molecule has 0 aliphatic carbocycles. The number of nitrogens with zero attached hydrogens (tertiary/aromatic N) is 1. The van der Waals surface area contributed by atoms with E-state index >= 15 is 0 Å². The molecular weight excluding hydrogens is 230 g/mol. The average molecular weight is 257 g/mol. The van der Waals surface area contributed by atoms with Gasteiger partial charge in [-0.05, 0) is 43.2 Å². The summed E-state index contributed by atoms with van der Waals surface area (Å²) in [5.41, 5.74) is 2.84. The molecule has 0 saturated heterocycles. The zero-order chi connectivity index (χ0) is 13.8. The molecule has 104 valence electrons. The number of rotatable bonds is 9. The van der Waals surface area contributed by atoms with Crippen molar-refractivity contribution in [2.75, 3.05) is 7.05 Å². The second-order valence-corrected chi connectivity index (χ2v) is 5.00. The topological polar surface area (TPSA) is 12.4 Å². The molecule has 0 N–H and O–H groups in total. The van der Waals surface area contributed by atoms with Crippen LogP contribution in [0.15, 0.2) is 47.0 Å². The van der Waals surface area contributed by atoms with Gasteiger partial charge >= 0.3 is 0 Å². The Hall–Kier alpha value is -1.37. The van der Waals surface area contributed by atoms with Crippen LogP contribution >= 0.6 is 0 Å². The van der Waals surface area contributed by atoms with Crippen LogP contribution in [0.25, 0.3) is 0 Å². The first-order chi connectivity index (χ1) is 9.36. The minimum Gasteiger partial charge on any atom is -0.296 e. The summed E-state index contributed by atoms with van der Waals surface area (Å²) in [7, 11) is 1.86. The van der Waals surface area contributed by atoms with E-state index in [0.29, 0.717) is 0 Å². The second-order valence-electron chi connectivity index (χ2n) is 5.00. The third kappa shape index (κ3) is 7.61. The van der Waals surface area contributed by atoms with Gasteiger partial charge in [-0.25, -0.2) is 0 Å². The van der Waals surface area contributed by atoms with Crippen LogP contribution in [0.4, 0.5) is 0 Å². The van der Waals surface area contributed by atoms with Crippen LogP contribution in [0.1, 0.15) is 51.0 Å². The fraction of sp³-hybridized carbons (Fsp3) is 0.500. The van der Waals surface area contributed by atoms with Crippen molar-refractivity contribution in [2.24, 2.45) is 4.99 Å². The molecule has 0 atom stereocenters. The van der Waals surface area contributed by atoms with E-state index in [1.54, 1.807) is 0 Å². The zero-order valence-electron chi connectivity index (χ0n) is 12.4. The van der Waals surface area contributed by atoms with Crippen molar-refractivity contribution in [1.29, 1.82) is 0 Å². The number of aryl methyl sites for hydroxylation is 1. The van der Waals surface area contributed by atoms with Gasteiger partial charge in [0.1, 0.15) is 0 Å². The molecule has 1 aromatic carbocycles. The molecule has 0 saturated carbocycles. The molecule has 1 nitrogen and oxygen atoms in total. The molecule has 1 aromatic rings. The van der Waals surface area contributed by atoms with Gasteiger partial charge < -0.3 is 0 Å². The Morgan fingerprint density at radius 2 is 1.89 bits per heavy atom. The van der Waals surface area contributed by atoms with Gasteiger partial charge in [0.15, 0.2) is 0 Å². The van der Waals surface area contributed by atoms with E-state index in [1.807, 2.05) is 13.3 Å². The molecule has 0 unspecified atom stereocenters. The predicted molar refractivity (Wildman–Crippen MR) is 86.0 cm³/mol. The lowest BCUT2D eigenvalue weighted by molar-refractivity contribution is 0.720. The molecule has 0 heterocycles. The van der Waals surface area contributed by atoms with Gasteiger partial charge in [-0.15, -0.1) is 0 Å².